The molecule has 1 aliphatic heterocycles. The molecule has 1 N–H and O–H groups in total. The Morgan fingerprint density at radius 3 is 2.77 bits per heavy atom. The normalized spacial score (nSPS) is 18.1. The third-order valence-electron chi connectivity index (χ3n) is 4.73. The number of carbonyl (C=O) groups is 1. The number of nitrogens with one attached hydrogen (secondary N) is 1. The maximum Gasteiger partial charge on any atom is 0.410 e. The van der Waals surface area contributed by atoms with Gasteiger partial charge in [-0.2, -0.15) is 0 Å². The Morgan fingerprint density at radius 1 is 1.38 bits per heavy atom. The fourth-order valence-electron chi connectivity index (χ4n) is 3.76. The number of amides is 1. The molecule has 5 heteroatoms. The molecule has 1 aromatic heterocycles. The van der Waals surface area contributed by atoms with E-state index in [1.165, 1.54) is 16.6 Å². The molecule has 1 saturated heterocycles. The highest BCUT2D eigenvalue weighted by Gasteiger charge is 2.35. The molecule has 142 valence electrons. The van der Waals surface area contributed by atoms with Crippen LogP contribution >= 0.6 is 15.9 Å². The van der Waals surface area contributed by atoms with E-state index in [9.17, 15) is 4.79 Å². The van der Waals surface area contributed by atoms with Crippen molar-refractivity contribution in [1.29, 1.82) is 0 Å². The molecule has 4 nitrogen and oxygen atoms in total. The van der Waals surface area contributed by atoms with Crippen molar-refractivity contribution < 1.29 is 9.53 Å². The predicted molar refractivity (Wildman–Crippen MR) is 109 cm³/mol. The van der Waals surface area contributed by atoms with Gasteiger partial charge in [-0.3, -0.25) is 4.90 Å². The molecule has 1 atom stereocenters. The number of carbonyl (C=O) groups excluding carboxylic acids is 1. The molecule has 0 spiro atoms. The van der Waals surface area contributed by atoms with Crippen LogP contribution < -0.4 is 0 Å². The summed E-state index contributed by atoms with van der Waals surface area (Å²) in [5, 5.41) is 1.25. The molecule has 2 heterocycles. The predicted octanol–water partition coefficient (Wildman–Crippen LogP) is 6.20. The fraction of sp³-hybridized carbons (Fsp3) is 0.571. The molecule has 1 fully saturated rings. The Balaban J connectivity index is 2.01. The molecule has 1 unspecified atom stereocenters. The van der Waals surface area contributed by atoms with Gasteiger partial charge in [-0.05, 0) is 69.7 Å². The van der Waals surface area contributed by atoms with Crippen LogP contribution in [0.4, 0.5) is 4.79 Å². The lowest BCUT2D eigenvalue weighted by atomic mass is 9.96. The summed E-state index contributed by atoms with van der Waals surface area (Å²) in [6, 6.07) is 6.41. The average molecular weight is 421 g/mol. The molecule has 0 radical (unpaired) electrons. The third-order valence-corrected chi connectivity index (χ3v) is 5.22. The van der Waals surface area contributed by atoms with E-state index in [-0.39, 0.29) is 12.1 Å². The first-order chi connectivity index (χ1) is 12.2. The van der Waals surface area contributed by atoms with Gasteiger partial charge in [0.1, 0.15) is 5.60 Å². The Hall–Kier alpha value is -1.49. The van der Waals surface area contributed by atoms with Gasteiger partial charge in [-0.15, -0.1) is 0 Å². The van der Waals surface area contributed by atoms with E-state index >= 15 is 0 Å². The number of halogens is 1. The third kappa shape index (κ3) is 4.08. The Kier molecular flexibility index (Phi) is 5.38. The molecule has 0 saturated carbocycles. The Bertz CT molecular complexity index is 804. The zero-order chi connectivity index (χ0) is 19.1. The maximum atomic E-state index is 12.7. The summed E-state index contributed by atoms with van der Waals surface area (Å²) in [6.07, 6.45) is 2.75. The molecule has 1 amide bonds. The standard InChI is InChI=1S/C21H29BrN2O2/c1-13(2)11-16-15-12-14(22)8-9-17(15)23-19(16)18-7-6-10-24(18)20(25)26-21(3,4)5/h8-9,12-13,18,23H,6-7,10-11H2,1-5H3. The van der Waals surface area contributed by atoms with Gasteiger partial charge in [-0.25, -0.2) is 4.79 Å². The summed E-state index contributed by atoms with van der Waals surface area (Å²) in [6.45, 7) is 11.0. The van der Waals surface area contributed by atoms with Gasteiger partial charge >= 0.3 is 6.09 Å². The fourth-order valence-corrected chi connectivity index (χ4v) is 4.12. The zero-order valence-corrected chi connectivity index (χ0v) is 17.9. The SMILES string of the molecule is CC(C)Cc1c(C2CCCN2C(=O)OC(C)(C)C)[nH]c2ccc(Br)cc12. The summed E-state index contributed by atoms with van der Waals surface area (Å²) in [4.78, 5) is 18.2. The lowest BCUT2D eigenvalue weighted by Gasteiger charge is -2.29. The van der Waals surface area contributed by atoms with E-state index < -0.39 is 5.60 Å². The summed E-state index contributed by atoms with van der Waals surface area (Å²) < 4.78 is 6.73. The van der Waals surface area contributed by atoms with Crippen LogP contribution in [0.2, 0.25) is 0 Å². The second-order valence-electron chi connectivity index (χ2n) is 8.64. The molecule has 0 aliphatic carbocycles. The molecule has 3 rings (SSSR count). The van der Waals surface area contributed by atoms with E-state index in [0.29, 0.717) is 5.92 Å². The van der Waals surface area contributed by atoms with Crippen molar-refractivity contribution >= 4 is 32.9 Å². The molecular weight excluding hydrogens is 392 g/mol. The Labute approximate surface area is 164 Å². The maximum absolute atomic E-state index is 12.7. The number of aromatic nitrogens is 1. The van der Waals surface area contributed by atoms with E-state index in [1.54, 1.807) is 0 Å². The van der Waals surface area contributed by atoms with Crippen molar-refractivity contribution in [3.05, 3.63) is 33.9 Å². The van der Waals surface area contributed by atoms with Gasteiger partial charge < -0.3 is 9.72 Å². The quantitative estimate of drug-likeness (QED) is 0.641. The van der Waals surface area contributed by atoms with Crippen molar-refractivity contribution in [2.75, 3.05) is 6.54 Å². The van der Waals surface area contributed by atoms with Crippen molar-refractivity contribution in [2.24, 2.45) is 5.92 Å². The van der Waals surface area contributed by atoms with Crippen LogP contribution in [-0.2, 0) is 11.2 Å². The number of aromatic amines is 1. The lowest BCUT2D eigenvalue weighted by molar-refractivity contribution is 0.0221. The lowest BCUT2D eigenvalue weighted by Crippen LogP contribution is -2.36. The number of hydrogen-bond donors (Lipinski definition) is 1. The largest absolute Gasteiger partial charge is 0.444 e. The second kappa shape index (κ2) is 7.26. The highest BCUT2D eigenvalue weighted by atomic mass is 79.9. The van der Waals surface area contributed by atoms with Gasteiger partial charge in [0.15, 0.2) is 0 Å². The Morgan fingerprint density at radius 2 is 2.12 bits per heavy atom. The minimum absolute atomic E-state index is 0.0600. The minimum atomic E-state index is -0.476. The number of nitrogens with zero attached hydrogens (tertiary/aromatic N) is 1. The number of fused-ring (bicyclic) bond motifs is 1. The van der Waals surface area contributed by atoms with E-state index in [1.807, 2.05) is 25.7 Å². The number of likely N-dealkylation sites (tertiary alicyclic amines) is 1. The van der Waals surface area contributed by atoms with Crippen LogP contribution in [0.3, 0.4) is 0 Å². The van der Waals surface area contributed by atoms with Gasteiger partial charge in [0.05, 0.1) is 6.04 Å². The van der Waals surface area contributed by atoms with Crippen molar-refractivity contribution in [3.63, 3.8) is 0 Å². The van der Waals surface area contributed by atoms with Gasteiger partial charge in [0.2, 0.25) is 0 Å². The zero-order valence-electron chi connectivity index (χ0n) is 16.4. The molecule has 1 aromatic carbocycles. The number of hydrogen-bond acceptors (Lipinski definition) is 2. The monoisotopic (exact) mass is 420 g/mol. The molecular formula is C21H29BrN2O2. The van der Waals surface area contributed by atoms with Gasteiger partial charge in [0.25, 0.3) is 0 Å². The molecule has 0 bridgehead atoms. The first-order valence-electron chi connectivity index (χ1n) is 9.45. The van der Waals surface area contributed by atoms with Crippen LogP contribution in [0.15, 0.2) is 22.7 Å². The smallest absolute Gasteiger partial charge is 0.410 e. The second-order valence-corrected chi connectivity index (χ2v) is 9.55. The highest BCUT2D eigenvalue weighted by molar-refractivity contribution is 9.10. The van der Waals surface area contributed by atoms with Gasteiger partial charge in [-0.1, -0.05) is 29.8 Å². The number of benzene rings is 1. The van der Waals surface area contributed by atoms with Crippen LogP contribution in [0.1, 0.15) is 64.8 Å². The summed E-state index contributed by atoms with van der Waals surface area (Å²) in [5.41, 5.74) is 3.16. The molecule has 26 heavy (non-hydrogen) atoms. The first kappa shape index (κ1) is 19.3. The van der Waals surface area contributed by atoms with Crippen molar-refractivity contribution in [1.82, 2.24) is 9.88 Å². The number of H-pyrrole nitrogens is 1. The van der Waals surface area contributed by atoms with Gasteiger partial charge in [0, 0.05) is 27.6 Å². The van der Waals surface area contributed by atoms with Crippen molar-refractivity contribution in [2.45, 2.75) is 65.5 Å². The van der Waals surface area contributed by atoms with E-state index in [0.717, 1.165) is 35.8 Å². The van der Waals surface area contributed by atoms with Crippen LogP contribution in [0.25, 0.3) is 10.9 Å². The average Bonchev–Trinajstić information content (AvgIpc) is 3.10. The number of ether oxygens (including phenoxy) is 1. The number of rotatable bonds is 3. The van der Waals surface area contributed by atoms with Crippen LogP contribution in [0, 0.1) is 5.92 Å². The van der Waals surface area contributed by atoms with Crippen LogP contribution in [-0.4, -0.2) is 28.1 Å². The molecule has 2 aromatic rings. The van der Waals surface area contributed by atoms with Crippen LogP contribution in [0.5, 0.6) is 0 Å². The summed E-state index contributed by atoms with van der Waals surface area (Å²) in [5.74, 6) is 0.545. The van der Waals surface area contributed by atoms with E-state index in [2.05, 4.69) is 53.0 Å². The highest BCUT2D eigenvalue weighted by Crippen LogP contribution is 2.38. The van der Waals surface area contributed by atoms with E-state index in [4.69, 9.17) is 4.74 Å². The van der Waals surface area contributed by atoms with Crippen molar-refractivity contribution in [3.8, 4) is 0 Å². The summed E-state index contributed by atoms with van der Waals surface area (Å²) in [7, 11) is 0. The summed E-state index contributed by atoms with van der Waals surface area (Å²) >= 11 is 3.60. The molecule has 1 aliphatic rings. The topological polar surface area (TPSA) is 45.3 Å². The first-order valence-corrected chi connectivity index (χ1v) is 10.2. The minimum Gasteiger partial charge on any atom is -0.444 e.